The Kier molecular flexibility index (Phi) is 6.26. The van der Waals surface area contributed by atoms with E-state index >= 15 is 0 Å². The smallest absolute Gasteiger partial charge is 0.335 e. The molecular weight excluding hydrogens is 392 g/mol. The Morgan fingerprint density at radius 2 is 1.94 bits per heavy atom. The number of carboxylic acids is 1. The van der Waals surface area contributed by atoms with Crippen molar-refractivity contribution < 1.29 is 19.4 Å². The summed E-state index contributed by atoms with van der Waals surface area (Å²) >= 11 is 0. The highest BCUT2D eigenvalue weighted by molar-refractivity contribution is 5.88. The van der Waals surface area contributed by atoms with E-state index in [-0.39, 0.29) is 11.5 Å². The van der Waals surface area contributed by atoms with Crippen molar-refractivity contribution in [3.8, 4) is 5.75 Å². The summed E-state index contributed by atoms with van der Waals surface area (Å²) in [7, 11) is 1.54. The molecule has 6 heteroatoms. The van der Waals surface area contributed by atoms with Crippen LogP contribution in [0.25, 0.3) is 10.9 Å². The van der Waals surface area contributed by atoms with Gasteiger partial charge in [0.15, 0.2) is 0 Å². The molecule has 0 bridgehead atoms. The van der Waals surface area contributed by atoms with Crippen LogP contribution in [0.3, 0.4) is 0 Å². The third kappa shape index (κ3) is 4.90. The predicted molar refractivity (Wildman–Crippen MR) is 120 cm³/mol. The van der Waals surface area contributed by atoms with E-state index in [4.69, 9.17) is 4.74 Å². The number of aromatic carboxylic acids is 1. The van der Waals surface area contributed by atoms with E-state index in [1.165, 1.54) is 25.7 Å². The van der Waals surface area contributed by atoms with Crippen molar-refractivity contribution >= 4 is 22.8 Å². The van der Waals surface area contributed by atoms with Gasteiger partial charge in [0.05, 0.1) is 25.6 Å². The van der Waals surface area contributed by atoms with Gasteiger partial charge in [-0.3, -0.25) is 4.79 Å². The topological polar surface area (TPSA) is 80.6 Å². The number of amides is 1. The summed E-state index contributed by atoms with van der Waals surface area (Å²) in [6, 6.07) is 13.1. The van der Waals surface area contributed by atoms with E-state index in [1.54, 1.807) is 25.3 Å². The summed E-state index contributed by atoms with van der Waals surface area (Å²) in [5.74, 6) is 0.262. The highest BCUT2D eigenvalue weighted by Gasteiger charge is 2.16. The molecule has 1 aliphatic rings. The minimum Gasteiger partial charge on any atom is -0.496 e. The lowest BCUT2D eigenvalue weighted by molar-refractivity contribution is -0.120. The molecule has 0 atom stereocenters. The summed E-state index contributed by atoms with van der Waals surface area (Å²) in [5, 5.41) is 13.4. The summed E-state index contributed by atoms with van der Waals surface area (Å²) in [6.07, 6.45) is 7.35. The molecule has 0 aliphatic heterocycles. The molecule has 0 saturated heterocycles. The van der Waals surface area contributed by atoms with Gasteiger partial charge in [0.1, 0.15) is 5.75 Å². The lowest BCUT2D eigenvalue weighted by atomic mass is 10.1. The summed E-state index contributed by atoms with van der Waals surface area (Å²) in [4.78, 5) is 23.6. The van der Waals surface area contributed by atoms with E-state index in [1.807, 2.05) is 24.4 Å². The maximum atomic E-state index is 12.4. The fourth-order valence-electron chi connectivity index (χ4n) is 4.39. The van der Waals surface area contributed by atoms with Gasteiger partial charge in [-0.05, 0) is 54.0 Å². The van der Waals surface area contributed by atoms with E-state index in [0.29, 0.717) is 24.6 Å². The molecule has 0 spiro atoms. The Hall–Kier alpha value is -3.28. The highest BCUT2D eigenvalue weighted by atomic mass is 16.5. The van der Waals surface area contributed by atoms with E-state index < -0.39 is 5.97 Å². The van der Waals surface area contributed by atoms with Gasteiger partial charge in [0, 0.05) is 23.8 Å². The van der Waals surface area contributed by atoms with Crippen molar-refractivity contribution in [2.45, 2.75) is 38.6 Å². The van der Waals surface area contributed by atoms with Gasteiger partial charge in [-0.2, -0.15) is 0 Å². The first-order chi connectivity index (χ1) is 15.0. The van der Waals surface area contributed by atoms with Gasteiger partial charge >= 0.3 is 5.97 Å². The minimum absolute atomic E-state index is 0.0651. The molecule has 3 aromatic rings. The van der Waals surface area contributed by atoms with Crippen LogP contribution in [0.1, 0.15) is 47.2 Å². The quantitative estimate of drug-likeness (QED) is 0.571. The molecular formula is C25H28N2O4. The van der Waals surface area contributed by atoms with Crippen molar-refractivity contribution in [2.75, 3.05) is 13.7 Å². The van der Waals surface area contributed by atoms with Gasteiger partial charge in [-0.25, -0.2) is 4.79 Å². The number of fused-ring (bicyclic) bond motifs is 1. The van der Waals surface area contributed by atoms with Crippen molar-refractivity contribution in [3.63, 3.8) is 0 Å². The molecule has 2 N–H and O–H groups in total. The predicted octanol–water partition coefficient (Wildman–Crippen LogP) is 4.25. The summed E-state index contributed by atoms with van der Waals surface area (Å²) < 4.78 is 7.50. The van der Waals surface area contributed by atoms with Crippen molar-refractivity contribution in [1.29, 1.82) is 0 Å². The first kappa shape index (κ1) is 21.0. The lowest BCUT2D eigenvalue weighted by Crippen LogP contribution is -2.29. The van der Waals surface area contributed by atoms with Gasteiger partial charge < -0.3 is 19.7 Å². The van der Waals surface area contributed by atoms with Crippen LogP contribution in [-0.2, 0) is 17.8 Å². The SMILES string of the molecule is COc1cc(C(=O)O)ccc1Cn1ccc2ccc(CC(=O)NCC3CCCC3)cc21. The maximum absolute atomic E-state index is 12.4. The molecule has 31 heavy (non-hydrogen) atoms. The Bertz CT molecular complexity index is 1100. The van der Waals surface area contributed by atoms with Crippen LogP contribution >= 0.6 is 0 Å². The van der Waals surface area contributed by atoms with Crippen LogP contribution < -0.4 is 10.1 Å². The number of hydrogen-bond donors (Lipinski definition) is 2. The Labute approximate surface area is 181 Å². The molecule has 1 aliphatic carbocycles. The van der Waals surface area contributed by atoms with Gasteiger partial charge in [0.2, 0.25) is 5.91 Å². The number of carbonyl (C=O) groups excluding carboxylic acids is 1. The summed E-state index contributed by atoms with van der Waals surface area (Å²) in [6.45, 7) is 1.33. The standard InChI is InChI=1S/C25H28N2O4/c1-31-23-14-20(25(29)30)8-9-21(23)16-27-11-10-19-7-6-18(12-22(19)27)13-24(28)26-15-17-4-2-3-5-17/h6-12,14,17H,2-5,13,15-16H2,1H3,(H,26,28)(H,29,30). The average molecular weight is 421 g/mol. The van der Waals surface area contributed by atoms with E-state index in [0.717, 1.165) is 28.6 Å². The zero-order valence-electron chi connectivity index (χ0n) is 17.8. The fourth-order valence-corrected chi connectivity index (χ4v) is 4.39. The number of methoxy groups -OCH3 is 1. The number of hydrogen-bond acceptors (Lipinski definition) is 3. The third-order valence-corrected chi connectivity index (χ3v) is 6.14. The van der Waals surface area contributed by atoms with Gasteiger partial charge in [-0.1, -0.05) is 31.0 Å². The van der Waals surface area contributed by atoms with E-state index in [9.17, 15) is 14.7 Å². The monoisotopic (exact) mass is 420 g/mol. The second-order valence-electron chi connectivity index (χ2n) is 8.30. The molecule has 1 amide bonds. The van der Waals surface area contributed by atoms with Crippen LogP contribution in [0, 0.1) is 5.92 Å². The Balaban J connectivity index is 1.49. The number of carboxylic acid groups (broad SMARTS) is 1. The molecule has 1 fully saturated rings. The molecule has 1 heterocycles. The zero-order valence-corrected chi connectivity index (χ0v) is 17.8. The second kappa shape index (κ2) is 9.25. The number of nitrogens with zero attached hydrogens (tertiary/aromatic N) is 1. The van der Waals surface area contributed by atoms with Crippen LogP contribution in [0.4, 0.5) is 0 Å². The summed E-state index contributed by atoms with van der Waals surface area (Å²) in [5.41, 5.74) is 3.10. The first-order valence-electron chi connectivity index (χ1n) is 10.8. The molecule has 1 aromatic heterocycles. The molecule has 4 rings (SSSR count). The number of aromatic nitrogens is 1. The van der Waals surface area contributed by atoms with Crippen molar-refractivity contribution in [1.82, 2.24) is 9.88 Å². The van der Waals surface area contributed by atoms with E-state index in [2.05, 4.69) is 16.0 Å². The van der Waals surface area contributed by atoms with Crippen LogP contribution in [-0.4, -0.2) is 35.2 Å². The first-order valence-corrected chi connectivity index (χ1v) is 10.8. The number of nitrogens with one attached hydrogen (secondary N) is 1. The van der Waals surface area contributed by atoms with Crippen molar-refractivity contribution in [2.24, 2.45) is 5.92 Å². The molecule has 1 saturated carbocycles. The zero-order chi connectivity index (χ0) is 21.8. The Morgan fingerprint density at radius 3 is 2.68 bits per heavy atom. The van der Waals surface area contributed by atoms with Crippen LogP contribution in [0.15, 0.2) is 48.7 Å². The maximum Gasteiger partial charge on any atom is 0.335 e. The molecule has 162 valence electrons. The highest BCUT2D eigenvalue weighted by Crippen LogP contribution is 2.25. The molecule has 6 nitrogen and oxygen atoms in total. The number of benzene rings is 2. The third-order valence-electron chi connectivity index (χ3n) is 6.14. The second-order valence-corrected chi connectivity index (χ2v) is 8.30. The number of ether oxygens (including phenoxy) is 1. The Morgan fingerprint density at radius 1 is 1.13 bits per heavy atom. The minimum atomic E-state index is -0.980. The lowest BCUT2D eigenvalue weighted by Gasteiger charge is -2.12. The van der Waals surface area contributed by atoms with Crippen LogP contribution in [0.2, 0.25) is 0 Å². The van der Waals surface area contributed by atoms with Gasteiger partial charge in [-0.15, -0.1) is 0 Å². The molecule has 2 aromatic carbocycles. The van der Waals surface area contributed by atoms with Crippen molar-refractivity contribution in [3.05, 3.63) is 65.4 Å². The molecule has 0 radical (unpaired) electrons. The largest absolute Gasteiger partial charge is 0.496 e. The number of rotatable bonds is 8. The normalized spacial score (nSPS) is 14.1. The molecule has 0 unspecified atom stereocenters. The fraction of sp³-hybridized carbons (Fsp3) is 0.360. The number of carbonyl (C=O) groups is 2. The average Bonchev–Trinajstić information content (AvgIpc) is 3.42. The van der Waals surface area contributed by atoms with Crippen LogP contribution in [0.5, 0.6) is 5.75 Å². The van der Waals surface area contributed by atoms with Gasteiger partial charge in [0.25, 0.3) is 0 Å².